The number of halogens is 1. The number of hydrogen-bond donors (Lipinski definition) is 1. The van der Waals surface area contributed by atoms with E-state index < -0.39 is 5.82 Å². The van der Waals surface area contributed by atoms with Gasteiger partial charge in [0.15, 0.2) is 5.69 Å². The number of rotatable bonds is 4. The molecule has 0 spiro atoms. The van der Waals surface area contributed by atoms with Crippen molar-refractivity contribution in [2.75, 3.05) is 5.32 Å². The molecule has 0 atom stereocenters. The SMILES string of the molecule is CC(=O)Nc1cccc(-n2ccc(=O)c(-c3ccnn3-c3ccccc3F)n2)c1. The molecule has 1 N–H and O–H groups in total. The first-order chi connectivity index (χ1) is 14.0. The lowest BCUT2D eigenvalue weighted by Gasteiger charge is -2.11. The second-order valence-electron chi connectivity index (χ2n) is 6.28. The van der Waals surface area contributed by atoms with Crippen molar-refractivity contribution < 1.29 is 9.18 Å². The lowest BCUT2D eigenvalue weighted by molar-refractivity contribution is -0.114. The largest absolute Gasteiger partial charge is 0.326 e. The van der Waals surface area contributed by atoms with E-state index in [4.69, 9.17) is 0 Å². The fourth-order valence-corrected chi connectivity index (χ4v) is 2.96. The van der Waals surface area contributed by atoms with Crippen molar-refractivity contribution in [1.29, 1.82) is 0 Å². The summed E-state index contributed by atoms with van der Waals surface area (Å²) in [5.74, 6) is -0.652. The molecule has 0 aliphatic heterocycles. The van der Waals surface area contributed by atoms with Crippen molar-refractivity contribution in [2.45, 2.75) is 6.92 Å². The van der Waals surface area contributed by atoms with E-state index >= 15 is 0 Å². The van der Waals surface area contributed by atoms with Crippen LogP contribution in [-0.4, -0.2) is 25.5 Å². The predicted octanol–water partition coefficient (Wildman–Crippen LogP) is 3.18. The molecule has 2 heterocycles. The molecule has 2 aromatic carbocycles. The Bertz CT molecular complexity index is 1260. The van der Waals surface area contributed by atoms with Crippen LogP contribution < -0.4 is 10.7 Å². The molecule has 0 bridgehead atoms. The number of nitrogens with one attached hydrogen (secondary N) is 1. The molecule has 2 aromatic heterocycles. The third kappa shape index (κ3) is 3.68. The van der Waals surface area contributed by atoms with Gasteiger partial charge in [-0.2, -0.15) is 10.2 Å². The third-order valence-electron chi connectivity index (χ3n) is 4.21. The molecule has 0 aliphatic carbocycles. The maximum absolute atomic E-state index is 14.2. The quantitative estimate of drug-likeness (QED) is 0.581. The number of amides is 1. The van der Waals surface area contributed by atoms with Crippen LogP contribution >= 0.6 is 0 Å². The van der Waals surface area contributed by atoms with Crippen LogP contribution in [0.5, 0.6) is 0 Å². The first-order valence-electron chi connectivity index (χ1n) is 8.80. The standard InChI is InChI=1S/C21H16FN5O2/c1-14(28)24-15-5-4-6-16(13-15)26-12-10-20(29)21(25-26)19-9-11-23-27(19)18-8-3-2-7-17(18)22/h2-13H,1H3,(H,24,28). The molecule has 8 heteroatoms. The van der Waals surface area contributed by atoms with E-state index in [-0.39, 0.29) is 22.7 Å². The van der Waals surface area contributed by atoms with E-state index in [1.165, 1.54) is 40.8 Å². The first kappa shape index (κ1) is 18.3. The highest BCUT2D eigenvalue weighted by Crippen LogP contribution is 2.21. The second kappa shape index (κ2) is 7.51. The Hall–Kier alpha value is -4.07. The van der Waals surface area contributed by atoms with Gasteiger partial charge in [-0.3, -0.25) is 9.59 Å². The highest BCUT2D eigenvalue weighted by Gasteiger charge is 2.15. The van der Waals surface area contributed by atoms with Crippen LogP contribution in [0.4, 0.5) is 10.1 Å². The van der Waals surface area contributed by atoms with Crippen LogP contribution in [0.25, 0.3) is 22.8 Å². The van der Waals surface area contributed by atoms with Crippen molar-refractivity contribution >= 4 is 11.6 Å². The van der Waals surface area contributed by atoms with Crippen molar-refractivity contribution in [3.8, 4) is 22.8 Å². The summed E-state index contributed by atoms with van der Waals surface area (Å²) >= 11 is 0. The highest BCUT2D eigenvalue weighted by atomic mass is 19.1. The molecule has 0 fully saturated rings. The molecule has 0 saturated carbocycles. The van der Waals surface area contributed by atoms with Gasteiger partial charge in [-0.1, -0.05) is 18.2 Å². The monoisotopic (exact) mass is 389 g/mol. The third-order valence-corrected chi connectivity index (χ3v) is 4.21. The van der Waals surface area contributed by atoms with Gasteiger partial charge in [-0.25, -0.2) is 13.8 Å². The van der Waals surface area contributed by atoms with Crippen LogP contribution in [0, 0.1) is 5.82 Å². The topological polar surface area (TPSA) is 81.8 Å². The molecule has 0 saturated heterocycles. The van der Waals surface area contributed by atoms with Gasteiger partial charge in [0.2, 0.25) is 11.3 Å². The summed E-state index contributed by atoms with van der Waals surface area (Å²) in [6.45, 7) is 1.42. The number of carbonyl (C=O) groups excluding carboxylic acids is 1. The number of anilines is 1. The summed E-state index contributed by atoms with van der Waals surface area (Å²) in [5.41, 5.74) is 1.64. The van der Waals surface area contributed by atoms with Gasteiger partial charge in [-0.15, -0.1) is 0 Å². The number of aromatic nitrogens is 4. The first-order valence-corrected chi connectivity index (χ1v) is 8.80. The van der Waals surface area contributed by atoms with Crippen molar-refractivity contribution in [3.63, 3.8) is 0 Å². The Morgan fingerprint density at radius 2 is 1.90 bits per heavy atom. The van der Waals surface area contributed by atoms with Gasteiger partial charge in [-0.05, 0) is 36.4 Å². The van der Waals surface area contributed by atoms with E-state index in [2.05, 4.69) is 15.5 Å². The van der Waals surface area contributed by atoms with E-state index in [9.17, 15) is 14.0 Å². The van der Waals surface area contributed by atoms with Gasteiger partial charge in [0.05, 0.1) is 17.6 Å². The zero-order chi connectivity index (χ0) is 20.4. The number of nitrogens with zero attached hydrogens (tertiary/aromatic N) is 4. The molecule has 0 radical (unpaired) electrons. The maximum Gasteiger partial charge on any atom is 0.221 e. The lowest BCUT2D eigenvalue weighted by Crippen LogP contribution is -2.15. The van der Waals surface area contributed by atoms with Crippen LogP contribution in [0.3, 0.4) is 0 Å². The summed E-state index contributed by atoms with van der Waals surface area (Å²) in [6, 6.07) is 16.2. The molecule has 0 unspecified atom stereocenters. The highest BCUT2D eigenvalue weighted by molar-refractivity contribution is 5.88. The maximum atomic E-state index is 14.2. The zero-order valence-electron chi connectivity index (χ0n) is 15.4. The zero-order valence-corrected chi connectivity index (χ0v) is 15.4. The van der Waals surface area contributed by atoms with Crippen molar-refractivity contribution in [2.24, 2.45) is 0 Å². The minimum atomic E-state index is -0.461. The van der Waals surface area contributed by atoms with Gasteiger partial charge < -0.3 is 5.32 Å². The summed E-state index contributed by atoms with van der Waals surface area (Å²) < 4.78 is 17.1. The molecule has 1 amide bonds. The molecule has 7 nitrogen and oxygen atoms in total. The van der Waals surface area contributed by atoms with Crippen LogP contribution in [0.2, 0.25) is 0 Å². The van der Waals surface area contributed by atoms with E-state index in [1.54, 1.807) is 48.5 Å². The van der Waals surface area contributed by atoms with Gasteiger partial charge in [0.25, 0.3) is 0 Å². The second-order valence-corrected chi connectivity index (χ2v) is 6.28. The minimum absolute atomic E-state index is 0.123. The fourth-order valence-electron chi connectivity index (χ4n) is 2.96. The Kier molecular flexibility index (Phi) is 4.74. The Morgan fingerprint density at radius 3 is 2.69 bits per heavy atom. The number of para-hydroxylation sites is 1. The predicted molar refractivity (Wildman–Crippen MR) is 107 cm³/mol. The van der Waals surface area contributed by atoms with Gasteiger partial charge in [0, 0.05) is 24.9 Å². The molecule has 4 aromatic rings. The summed E-state index contributed by atoms with van der Waals surface area (Å²) in [7, 11) is 0. The fraction of sp³-hybridized carbons (Fsp3) is 0.0476. The number of hydrogen-bond acceptors (Lipinski definition) is 4. The Labute approximate surface area is 165 Å². The molecule has 144 valence electrons. The molecule has 0 aliphatic rings. The molecule has 29 heavy (non-hydrogen) atoms. The Morgan fingerprint density at radius 1 is 1.07 bits per heavy atom. The Balaban J connectivity index is 1.81. The molecular weight excluding hydrogens is 373 g/mol. The van der Waals surface area contributed by atoms with Crippen LogP contribution in [0.15, 0.2) is 77.9 Å². The normalized spacial score (nSPS) is 10.7. The summed E-state index contributed by atoms with van der Waals surface area (Å²) in [6.07, 6.45) is 3.01. The summed E-state index contributed by atoms with van der Waals surface area (Å²) in [5, 5.41) is 11.3. The minimum Gasteiger partial charge on any atom is -0.326 e. The summed E-state index contributed by atoms with van der Waals surface area (Å²) in [4.78, 5) is 23.8. The molecular formula is C21H16FN5O2. The van der Waals surface area contributed by atoms with E-state index in [0.717, 1.165) is 0 Å². The van der Waals surface area contributed by atoms with Crippen molar-refractivity contribution in [3.05, 3.63) is 89.1 Å². The van der Waals surface area contributed by atoms with Gasteiger partial charge >= 0.3 is 0 Å². The van der Waals surface area contributed by atoms with Crippen molar-refractivity contribution in [1.82, 2.24) is 19.6 Å². The lowest BCUT2D eigenvalue weighted by atomic mass is 10.2. The smallest absolute Gasteiger partial charge is 0.221 e. The van der Waals surface area contributed by atoms with Crippen LogP contribution in [0.1, 0.15) is 6.92 Å². The average Bonchev–Trinajstić information content (AvgIpc) is 3.18. The number of carbonyl (C=O) groups is 1. The van der Waals surface area contributed by atoms with Gasteiger partial charge in [0.1, 0.15) is 11.5 Å². The number of benzene rings is 2. The van der Waals surface area contributed by atoms with E-state index in [0.29, 0.717) is 17.1 Å². The molecule has 4 rings (SSSR count). The van der Waals surface area contributed by atoms with E-state index in [1.807, 2.05) is 0 Å². The average molecular weight is 389 g/mol. The van der Waals surface area contributed by atoms with Crippen LogP contribution in [-0.2, 0) is 4.79 Å².